The lowest BCUT2D eigenvalue weighted by Crippen LogP contribution is -1.94. The molecule has 38 heavy (non-hydrogen) atoms. The second-order valence-corrected chi connectivity index (χ2v) is 10.5. The molecule has 174 valence electrons. The lowest BCUT2D eigenvalue weighted by atomic mass is 9.93. The van der Waals surface area contributed by atoms with Crippen molar-refractivity contribution < 1.29 is 0 Å². The van der Waals surface area contributed by atoms with Crippen LogP contribution in [0.5, 0.6) is 0 Å². The van der Waals surface area contributed by atoms with Crippen LogP contribution in [0.3, 0.4) is 0 Å². The molecule has 0 aliphatic heterocycles. The Morgan fingerprint density at radius 3 is 1.66 bits per heavy atom. The van der Waals surface area contributed by atoms with Gasteiger partial charge in [0.15, 0.2) is 0 Å². The molecule has 0 amide bonds. The minimum Gasteiger partial charge on any atom is -0.309 e. The maximum Gasteiger partial charge on any atom is 0.0626 e. The first kappa shape index (κ1) is 19.1. The molecule has 0 bridgehead atoms. The zero-order valence-electron chi connectivity index (χ0n) is 20.4. The summed E-state index contributed by atoms with van der Waals surface area (Å²) in [5, 5.41) is 13.3. The molecule has 0 saturated heterocycles. The van der Waals surface area contributed by atoms with Crippen LogP contribution in [-0.4, -0.2) is 8.97 Å². The Morgan fingerprint density at radius 1 is 0.342 bits per heavy atom. The van der Waals surface area contributed by atoms with Gasteiger partial charge in [-0.05, 0) is 57.9 Å². The van der Waals surface area contributed by atoms with Crippen molar-refractivity contribution in [1.29, 1.82) is 0 Å². The lowest BCUT2D eigenvalue weighted by Gasteiger charge is -2.13. The number of fused-ring (bicyclic) bond motifs is 10. The summed E-state index contributed by atoms with van der Waals surface area (Å²) < 4.78 is 4.91. The Balaban J connectivity index is 1.42. The summed E-state index contributed by atoms with van der Waals surface area (Å²) in [6, 6.07) is 44.8. The van der Waals surface area contributed by atoms with E-state index in [0.29, 0.717) is 0 Å². The summed E-state index contributed by atoms with van der Waals surface area (Å²) >= 11 is 0. The molecule has 0 atom stereocenters. The molecular weight excluding hydrogens is 460 g/mol. The molecule has 10 aromatic rings. The number of para-hydroxylation sites is 3. The van der Waals surface area contributed by atoms with E-state index >= 15 is 0 Å². The molecule has 0 spiro atoms. The molecule has 7 aromatic carbocycles. The molecule has 0 radical (unpaired) electrons. The molecule has 0 unspecified atom stereocenters. The van der Waals surface area contributed by atoms with Crippen LogP contribution in [0.4, 0.5) is 0 Å². The van der Waals surface area contributed by atoms with Crippen molar-refractivity contribution in [1.82, 2.24) is 8.97 Å². The predicted octanol–water partition coefficient (Wildman–Crippen LogP) is 9.68. The van der Waals surface area contributed by atoms with Crippen LogP contribution < -0.4 is 0 Å². The fraction of sp³-hybridized carbons (Fsp3) is 0. The van der Waals surface area contributed by atoms with Gasteiger partial charge in [0.1, 0.15) is 0 Å². The normalized spacial score (nSPS) is 12.7. The average Bonchev–Trinajstić information content (AvgIpc) is 3.62. The maximum atomic E-state index is 2.49. The molecule has 0 saturated carbocycles. The fourth-order valence-corrected chi connectivity index (χ4v) is 7.33. The van der Waals surface area contributed by atoms with Crippen molar-refractivity contribution in [2.24, 2.45) is 0 Å². The number of hydrogen-bond acceptors (Lipinski definition) is 0. The van der Waals surface area contributed by atoms with E-state index < -0.39 is 0 Å². The van der Waals surface area contributed by atoms with Crippen molar-refractivity contribution in [2.45, 2.75) is 0 Å². The molecule has 10 rings (SSSR count). The second kappa shape index (κ2) is 6.42. The second-order valence-electron chi connectivity index (χ2n) is 10.5. The van der Waals surface area contributed by atoms with Crippen LogP contribution in [0.2, 0.25) is 0 Å². The summed E-state index contributed by atoms with van der Waals surface area (Å²) in [4.78, 5) is 0. The topological polar surface area (TPSA) is 9.34 Å². The number of aromatic nitrogens is 2. The van der Waals surface area contributed by atoms with E-state index in [2.05, 4.69) is 130 Å². The van der Waals surface area contributed by atoms with Gasteiger partial charge in [-0.3, -0.25) is 0 Å². The summed E-state index contributed by atoms with van der Waals surface area (Å²) in [5.41, 5.74) is 7.62. The molecular formula is C36H20N2. The van der Waals surface area contributed by atoms with Crippen molar-refractivity contribution >= 4 is 81.4 Å². The largest absolute Gasteiger partial charge is 0.309 e. The van der Waals surface area contributed by atoms with Crippen molar-refractivity contribution in [2.75, 3.05) is 0 Å². The molecule has 0 N–H and O–H groups in total. The van der Waals surface area contributed by atoms with E-state index in [9.17, 15) is 0 Å². The SMILES string of the molecule is c1ccc2c(c1)c1ccccc1n2-c1ccc2c(c1)c1ccc3c4ccccc4n4c5cccc2c5c1c34. The summed E-state index contributed by atoms with van der Waals surface area (Å²) in [6.07, 6.45) is 0. The van der Waals surface area contributed by atoms with Gasteiger partial charge in [0.05, 0.1) is 27.6 Å². The Bertz CT molecular complexity index is 2510. The van der Waals surface area contributed by atoms with E-state index in [4.69, 9.17) is 0 Å². The van der Waals surface area contributed by atoms with Crippen LogP contribution in [0.15, 0.2) is 121 Å². The Labute approximate surface area is 217 Å². The van der Waals surface area contributed by atoms with Crippen LogP contribution in [0.25, 0.3) is 87.1 Å². The molecule has 2 nitrogen and oxygen atoms in total. The van der Waals surface area contributed by atoms with Crippen LogP contribution in [-0.2, 0) is 0 Å². The average molecular weight is 481 g/mol. The monoisotopic (exact) mass is 480 g/mol. The highest BCUT2D eigenvalue weighted by atomic mass is 15.0. The minimum absolute atomic E-state index is 1.20. The third-order valence-corrected chi connectivity index (χ3v) is 8.79. The molecule has 3 heterocycles. The van der Waals surface area contributed by atoms with Crippen LogP contribution in [0, 0.1) is 0 Å². The fourth-order valence-electron chi connectivity index (χ4n) is 7.33. The van der Waals surface area contributed by atoms with Gasteiger partial charge in [-0.25, -0.2) is 0 Å². The molecule has 0 aliphatic carbocycles. The number of rotatable bonds is 1. The molecule has 0 aliphatic rings. The highest BCUT2D eigenvalue weighted by Gasteiger charge is 2.22. The van der Waals surface area contributed by atoms with E-state index in [0.717, 1.165) is 0 Å². The van der Waals surface area contributed by atoms with Crippen LogP contribution in [0.1, 0.15) is 0 Å². The molecule has 2 heteroatoms. The Morgan fingerprint density at radius 2 is 0.895 bits per heavy atom. The van der Waals surface area contributed by atoms with E-state index in [-0.39, 0.29) is 0 Å². The first-order valence-corrected chi connectivity index (χ1v) is 13.2. The summed E-state index contributed by atoms with van der Waals surface area (Å²) in [7, 11) is 0. The quantitative estimate of drug-likeness (QED) is 0.207. The van der Waals surface area contributed by atoms with Gasteiger partial charge in [0.25, 0.3) is 0 Å². The van der Waals surface area contributed by atoms with Gasteiger partial charge in [-0.15, -0.1) is 0 Å². The zero-order valence-corrected chi connectivity index (χ0v) is 20.4. The summed E-state index contributed by atoms with van der Waals surface area (Å²) in [5.74, 6) is 0. The smallest absolute Gasteiger partial charge is 0.0626 e. The highest BCUT2D eigenvalue weighted by molar-refractivity contribution is 6.38. The van der Waals surface area contributed by atoms with E-state index in [1.807, 2.05) is 0 Å². The number of nitrogens with zero attached hydrogens (tertiary/aromatic N) is 2. The first-order valence-electron chi connectivity index (χ1n) is 13.2. The Hall–Kier alpha value is -5.08. The number of hydrogen-bond donors (Lipinski definition) is 0. The number of benzene rings is 7. The standard InChI is InChI=1S/C36H20N2/c1-4-12-30-23(8-1)24-9-2-5-13-31(24)37(30)21-16-17-22-26-11-7-15-33-34(26)35-27(29(22)20-21)18-19-28-25-10-3-6-14-32(25)38(33)36(28)35/h1-20H. The highest BCUT2D eigenvalue weighted by Crippen LogP contribution is 2.47. The predicted molar refractivity (Wildman–Crippen MR) is 162 cm³/mol. The van der Waals surface area contributed by atoms with Crippen LogP contribution >= 0.6 is 0 Å². The van der Waals surface area contributed by atoms with Crippen molar-refractivity contribution in [3.05, 3.63) is 121 Å². The lowest BCUT2D eigenvalue weighted by molar-refractivity contribution is 1.19. The van der Waals surface area contributed by atoms with Crippen molar-refractivity contribution in [3.8, 4) is 5.69 Å². The van der Waals surface area contributed by atoms with Gasteiger partial charge in [0, 0.05) is 38.0 Å². The molecule has 3 aromatic heterocycles. The summed E-state index contributed by atoms with van der Waals surface area (Å²) in [6.45, 7) is 0. The first-order chi connectivity index (χ1) is 18.9. The van der Waals surface area contributed by atoms with Gasteiger partial charge >= 0.3 is 0 Å². The maximum absolute atomic E-state index is 2.49. The van der Waals surface area contributed by atoms with E-state index in [1.54, 1.807) is 0 Å². The zero-order chi connectivity index (χ0) is 24.5. The van der Waals surface area contributed by atoms with Gasteiger partial charge in [0.2, 0.25) is 0 Å². The van der Waals surface area contributed by atoms with Gasteiger partial charge in [-0.2, -0.15) is 0 Å². The third-order valence-electron chi connectivity index (χ3n) is 8.79. The van der Waals surface area contributed by atoms with E-state index in [1.165, 1.54) is 87.1 Å². The Kier molecular flexibility index (Phi) is 3.23. The molecule has 0 fully saturated rings. The van der Waals surface area contributed by atoms with Crippen molar-refractivity contribution in [3.63, 3.8) is 0 Å². The minimum atomic E-state index is 1.20. The van der Waals surface area contributed by atoms with Gasteiger partial charge < -0.3 is 8.97 Å². The van der Waals surface area contributed by atoms with Gasteiger partial charge in [-0.1, -0.05) is 84.9 Å². The third kappa shape index (κ3) is 2.06.